The first kappa shape index (κ1) is 21.7. The van der Waals surface area contributed by atoms with Crippen molar-refractivity contribution in [3.63, 3.8) is 0 Å². The molecule has 0 unspecified atom stereocenters. The Bertz CT molecular complexity index is 888. The van der Waals surface area contributed by atoms with Gasteiger partial charge in [0.2, 0.25) is 5.91 Å². The number of urea groups is 1. The van der Waals surface area contributed by atoms with Gasteiger partial charge in [-0.05, 0) is 62.1 Å². The quantitative estimate of drug-likeness (QED) is 0.676. The lowest BCUT2D eigenvalue weighted by atomic mass is 9.97. The molecule has 8 heteroatoms. The van der Waals surface area contributed by atoms with Crippen LogP contribution in [0.2, 0.25) is 0 Å². The fourth-order valence-corrected chi connectivity index (χ4v) is 3.60. The van der Waals surface area contributed by atoms with Gasteiger partial charge in [-0.1, -0.05) is 6.07 Å². The van der Waals surface area contributed by atoms with E-state index in [1.165, 1.54) is 13.0 Å². The number of anilines is 2. The Hall–Kier alpha value is -3.00. The first-order chi connectivity index (χ1) is 14.4. The number of benzene rings is 1. The molecule has 0 aliphatic carbocycles. The van der Waals surface area contributed by atoms with Crippen LogP contribution in [-0.4, -0.2) is 41.5 Å². The van der Waals surface area contributed by atoms with E-state index in [1.807, 2.05) is 6.92 Å². The molecule has 0 radical (unpaired) electrons. The van der Waals surface area contributed by atoms with Gasteiger partial charge >= 0.3 is 6.03 Å². The van der Waals surface area contributed by atoms with Gasteiger partial charge in [-0.2, -0.15) is 0 Å². The highest BCUT2D eigenvalue weighted by molar-refractivity contribution is 5.99. The lowest BCUT2D eigenvalue weighted by Gasteiger charge is -2.32. The lowest BCUT2D eigenvalue weighted by molar-refractivity contribution is -0.119. The minimum absolute atomic E-state index is 0.0129. The molecule has 1 aliphatic heterocycles. The van der Waals surface area contributed by atoms with Crippen LogP contribution >= 0.6 is 0 Å². The molecule has 3 rings (SSSR count). The zero-order valence-electron chi connectivity index (χ0n) is 17.4. The second-order valence-electron chi connectivity index (χ2n) is 7.76. The summed E-state index contributed by atoms with van der Waals surface area (Å²) >= 11 is 0. The van der Waals surface area contributed by atoms with Crippen LogP contribution in [0.25, 0.3) is 0 Å². The van der Waals surface area contributed by atoms with Crippen molar-refractivity contribution in [2.75, 3.05) is 30.3 Å². The van der Waals surface area contributed by atoms with Crippen molar-refractivity contribution in [3.8, 4) is 0 Å². The average Bonchev–Trinajstić information content (AvgIpc) is 2.71. The Labute approximate surface area is 176 Å². The van der Waals surface area contributed by atoms with Crippen LogP contribution in [0.5, 0.6) is 0 Å². The van der Waals surface area contributed by atoms with E-state index in [2.05, 4.69) is 25.8 Å². The van der Waals surface area contributed by atoms with Gasteiger partial charge in [-0.15, -0.1) is 0 Å². The number of piperidine rings is 1. The van der Waals surface area contributed by atoms with Crippen molar-refractivity contribution in [3.05, 3.63) is 53.6 Å². The van der Waals surface area contributed by atoms with Crippen LogP contribution in [0.15, 0.2) is 36.5 Å². The molecular weight excluding hydrogens is 385 g/mol. The van der Waals surface area contributed by atoms with E-state index in [0.717, 1.165) is 37.2 Å². The van der Waals surface area contributed by atoms with E-state index in [9.17, 15) is 14.0 Å². The summed E-state index contributed by atoms with van der Waals surface area (Å²) in [7, 11) is 0. The SMILES string of the molecule is CC(=O)NC[C@@H]1CCCN(Cc2ccc(F)c(NC(=O)Nc3ccc(C)nc3)c2)C1. The van der Waals surface area contributed by atoms with Crippen LogP contribution < -0.4 is 16.0 Å². The predicted octanol–water partition coefficient (Wildman–Crippen LogP) is 3.52. The number of halogens is 1. The molecule has 7 nitrogen and oxygen atoms in total. The van der Waals surface area contributed by atoms with Crippen molar-refractivity contribution in [2.24, 2.45) is 5.92 Å². The normalized spacial score (nSPS) is 16.7. The van der Waals surface area contributed by atoms with Crippen molar-refractivity contribution < 1.29 is 14.0 Å². The van der Waals surface area contributed by atoms with Gasteiger partial charge in [0, 0.05) is 32.3 Å². The Morgan fingerprint density at radius 1 is 1.23 bits per heavy atom. The van der Waals surface area contributed by atoms with Gasteiger partial charge in [-0.3, -0.25) is 14.7 Å². The van der Waals surface area contributed by atoms with Crippen LogP contribution in [0.4, 0.5) is 20.6 Å². The van der Waals surface area contributed by atoms with E-state index in [-0.39, 0.29) is 11.6 Å². The number of rotatable bonds is 6. The second kappa shape index (κ2) is 10.2. The third-order valence-corrected chi connectivity index (χ3v) is 5.10. The van der Waals surface area contributed by atoms with E-state index in [4.69, 9.17) is 0 Å². The number of nitrogens with one attached hydrogen (secondary N) is 3. The molecule has 1 fully saturated rings. The highest BCUT2D eigenvalue weighted by Crippen LogP contribution is 2.21. The maximum Gasteiger partial charge on any atom is 0.323 e. The van der Waals surface area contributed by atoms with Gasteiger partial charge in [0.15, 0.2) is 0 Å². The van der Waals surface area contributed by atoms with Crippen molar-refractivity contribution in [1.29, 1.82) is 0 Å². The van der Waals surface area contributed by atoms with Crippen LogP contribution in [0.1, 0.15) is 31.0 Å². The monoisotopic (exact) mass is 413 g/mol. The summed E-state index contributed by atoms with van der Waals surface area (Å²) in [5.41, 5.74) is 2.44. The third-order valence-electron chi connectivity index (χ3n) is 5.10. The van der Waals surface area contributed by atoms with E-state index in [1.54, 1.807) is 30.5 Å². The molecule has 3 amide bonds. The Kier molecular flexibility index (Phi) is 7.35. The first-order valence-corrected chi connectivity index (χ1v) is 10.1. The first-order valence-electron chi connectivity index (χ1n) is 10.1. The van der Waals surface area contributed by atoms with Crippen LogP contribution in [-0.2, 0) is 11.3 Å². The zero-order valence-corrected chi connectivity index (χ0v) is 17.4. The number of hydrogen-bond acceptors (Lipinski definition) is 4. The molecule has 1 aliphatic rings. The van der Waals surface area contributed by atoms with Gasteiger partial charge in [0.25, 0.3) is 0 Å². The molecule has 0 saturated carbocycles. The number of hydrogen-bond donors (Lipinski definition) is 3. The number of amides is 3. The highest BCUT2D eigenvalue weighted by atomic mass is 19.1. The van der Waals surface area contributed by atoms with Crippen LogP contribution in [0, 0.1) is 18.7 Å². The van der Waals surface area contributed by atoms with Gasteiger partial charge < -0.3 is 16.0 Å². The molecule has 0 bridgehead atoms. The number of pyridine rings is 1. The summed E-state index contributed by atoms with van der Waals surface area (Å²) in [5.74, 6) is -0.0891. The Morgan fingerprint density at radius 2 is 2.07 bits per heavy atom. The lowest BCUT2D eigenvalue weighted by Crippen LogP contribution is -2.40. The molecule has 1 aromatic heterocycles. The maximum atomic E-state index is 14.2. The average molecular weight is 413 g/mol. The molecule has 30 heavy (non-hydrogen) atoms. The van der Waals surface area contributed by atoms with Gasteiger partial charge in [0.05, 0.1) is 17.6 Å². The summed E-state index contributed by atoms with van der Waals surface area (Å²) in [5, 5.41) is 8.11. The highest BCUT2D eigenvalue weighted by Gasteiger charge is 2.20. The van der Waals surface area contributed by atoms with E-state index in [0.29, 0.717) is 24.7 Å². The molecule has 1 atom stereocenters. The Morgan fingerprint density at radius 3 is 2.80 bits per heavy atom. The van der Waals surface area contributed by atoms with Crippen molar-refractivity contribution >= 4 is 23.3 Å². The molecular formula is C22H28FN5O2. The summed E-state index contributed by atoms with van der Waals surface area (Å²) < 4.78 is 14.2. The Balaban J connectivity index is 1.58. The van der Waals surface area contributed by atoms with Crippen molar-refractivity contribution in [1.82, 2.24) is 15.2 Å². The number of aromatic nitrogens is 1. The minimum atomic E-state index is -0.523. The minimum Gasteiger partial charge on any atom is -0.356 e. The predicted molar refractivity (Wildman–Crippen MR) is 115 cm³/mol. The van der Waals surface area contributed by atoms with Gasteiger partial charge in [0.1, 0.15) is 5.82 Å². The maximum absolute atomic E-state index is 14.2. The summed E-state index contributed by atoms with van der Waals surface area (Å²) in [6.07, 6.45) is 3.69. The topological polar surface area (TPSA) is 86.4 Å². The largest absolute Gasteiger partial charge is 0.356 e. The third kappa shape index (κ3) is 6.52. The van der Waals surface area contributed by atoms with Gasteiger partial charge in [-0.25, -0.2) is 9.18 Å². The fraction of sp³-hybridized carbons (Fsp3) is 0.409. The summed E-state index contributed by atoms with van der Waals surface area (Å²) in [6.45, 7) is 6.55. The number of aryl methyl sites for hydroxylation is 1. The zero-order chi connectivity index (χ0) is 21.5. The summed E-state index contributed by atoms with van der Waals surface area (Å²) in [6, 6.07) is 7.78. The molecule has 2 heterocycles. The molecule has 160 valence electrons. The van der Waals surface area contributed by atoms with Crippen molar-refractivity contribution in [2.45, 2.75) is 33.2 Å². The standard InChI is InChI=1S/C22H28FN5O2/c1-15-5-7-19(12-24-15)26-22(30)27-21-10-17(6-8-20(21)23)13-28-9-3-4-18(14-28)11-25-16(2)29/h5-8,10,12,18H,3-4,9,11,13-14H2,1-2H3,(H,25,29)(H2,26,27,30)/t18-/m0/s1. The van der Waals surface area contributed by atoms with E-state index >= 15 is 0 Å². The molecule has 3 N–H and O–H groups in total. The number of likely N-dealkylation sites (tertiary alicyclic amines) is 1. The number of carbonyl (C=O) groups is 2. The summed E-state index contributed by atoms with van der Waals surface area (Å²) in [4.78, 5) is 29.8. The van der Waals surface area contributed by atoms with Crippen LogP contribution in [0.3, 0.4) is 0 Å². The molecule has 2 aromatic rings. The fourth-order valence-electron chi connectivity index (χ4n) is 3.60. The molecule has 0 spiro atoms. The smallest absolute Gasteiger partial charge is 0.323 e. The second-order valence-corrected chi connectivity index (χ2v) is 7.76. The number of nitrogens with zero attached hydrogens (tertiary/aromatic N) is 2. The molecule has 1 saturated heterocycles. The molecule has 1 aromatic carbocycles. The van der Waals surface area contributed by atoms with E-state index < -0.39 is 11.8 Å². The number of carbonyl (C=O) groups excluding carboxylic acids is 2.